The summed E-state index contributed by atoms with van der Waals surface area (Å²) in [5.41, 5.74) is 0. The van der Waals surface area contributed by atoms with Crippen molar-refractivity contribution in [2.24, 2.45) is 0 Å². The van der Waals surface area contributed by atoms with Crippen molar-refractivity contribution in [3.05, 3.63) is 0 Å². The summed E-state index contributed by atoms with van der Waals surface area (Å²) < 4.78 is 22.7. The van der Waals surface area contributed by atoms with Crippen molar-refractivity contribution in [1.29, 1.82) is 0 Å². The van der Waals surface area contributed by atoms with E-state index in [9.17, 15) is 8.42 Å². The van der Waals surface area contributed by atoms with Gasteiger partial charge in [0.25, 0.3) is 0 Å². The molecule has 0 aromatic carbocycles. The summed E-state index contributed by atoms with van der Waals surface area (Å²) in [5.74, 6) is 0.698. The predicted octanol–water partition coefficient (Wildman–Crippen LogP) is 1.03. The van der Waals surface area contributed by atoms with E-state index in [1.54, 1.807) is 0 Å². The number of rotatable bonds is 5. The highest BCUT2D eigenvalue weighted by molar-refractivity contribution is 7.91. The minimum Gasteiger partial charge on any atom is -0.312 e. The maximum absolute atomic E-state index is 11.3. The van der Waals surface area contributed by atoms with E-state index in [4.69, 9.17) is 0 Å². The standard InChI is InChI=1S/C13H26N2O2S/c1-15(13-5-3-2-4-6-13)9-8-14-12-7-10-18(16,17)11-12/h12-14H,2-11H2,1H3. The maximum atomic E-state index is 11.3. The van der Waals surface area contributed by atoms with E-state index in [0.29, 0.717) is 11.5 Å². The smallest absolute Gasteiger partial charge is 0.151 e. The van der Waals surface area contributed by atoms with Crippen molar-refractivity contribution < 1.29 is 8.42 Å². The second-order valence-electron chi connectivity index (χ2n) is 5.83. The van der Waals surface area contributed by atoms with Crippen LogP contribution in [0.1, 0.15) is 38.5 Å². The van der Waals surface area contributed by atoms with Gasteiger partial charge >= 0.3 is 0 Å². The van der Waals surface area contributed by atoms with E-state index >= 15 is 0 Å². The lowest BCUT2D eigenvalue weighted by Gasteiger charge is -2.31. The molecule has 1 atom stereocenters. The van der Waals surface area contributed by atoms with E-state index in [1.807, 2.05) is 0 Å². The van der Waals surface area contributed by atoms with Crippen LogP contribution >= 0.6 is 0 Å². The molecule has 0 bridgehead atoms. The van der Waals surface area contributed by atoms with Gasteiger partial charge < -0.3 is 10.2 Å². The van der Waals surface area contributed by atoms with Crippen LogP contribution in [0.3, 0.4) is 0 Å². The average molecular weight is 274 g/mol. The Morgan fingerprint density at radius 1 is 1.17 bits per heavy atom. The SMILES string of the molecule is CN(CCNC1CCS(=O)(=O)C1)C1CCCCC1. The predicted molar refractivity (Wildman–Crippen MR) is 74.6 cm³/mol. The summed E-state index contributed by atoms with van der Waals surface area (Å²) in [7, 11) is -0.545. The van der Waals surface area contributed by atoms with Gasteiger partial charge in [0.2, 0.25) is 0 Å². The molecule has 1 unspecified atom stereocenters. The van der Waals surface area contributed by atoms with Crippen LogP contribution in [0, 0.1) is 0 Å². The molecular formula is C13H26N2O2S. The molecule has 1 aliphatic carbocycles. The lowest BCUT2D eigenvalue weighted by molar-refractivity contribution is 0.191. The molecule has 1 N–H and O–H groups in total. The van der Waals surface area contributed by atoms with Crippen molar-refractivity contribution in [2.75, 3.05) is 31.6 Å². The first-order valence-electron chi connectivity index (χ1n) is 7.21. The molecule has 2 fully saturated rings. The second-order valence-corrected chi connectivity index (χ2v) is 8.06. The molecule has 1 heterocycles. The van der Waals surface area contributed by atoms with Gasteiger partial charge in [0, 0.05) is 25.2 Å². The van der Waals surface area contributed by atoms with E-state index in [1.165, 1.54) is 32.1 Å². The van der Waals surface area contributed by atoms with Crippen molar-refractivity contribution in [3.63, 3.8) is 0 Å². The lowest BCUT2D eigenvalue weighted by atomic mass is 9.94. The minimum absolute atomic E-state index is 0.190. The van der Waals surface area contributed by atoms with Crippen LogP contribution in [-0.2, 0) is 9.84 Å². The Kier molecular flexibility index (Phi) is 5.04. The van der Waals surface area contributed by atoms with Gasteiger partial charge in [-0.2, -0.15) is 0 Å². The molecule has 1 aliphatic heterocycles. The Labute approximate surface area is 111 Å². The van der Waals surface area contributed by atoms with Crippen molar-refractivity contribution >= 4 is 9.84 Å². The summed E-state index contributed by atoms with van der Waals surface area (Å²) in [4.78, 5) is 2.44. The molecule has 4 nitrogen and oxygen atoms in total. The lowest BCUT2D eigenvalue weighted by Crippen LogP contribution is -2.41. The van der Waals surface area contributed by atoms with Gasteiger partial charge in [-0.15, -0.1) is 0 Å². The van der Waals surface area contributed by atoms with Crippen molar-refractivity contribution in [1.82, 2.24) is 10.2 Å². The van der Waals surface area contributed by atoms with Gasteiger partial charge in [0.15, 0.2) is 9.84 Å². The molecule has 0 spiro atoms. The van der Waals surface area contributed by atoms with E-state index in [2.05, 4.69) is 17.3 Å². The summed E-state index contributed by atoms with van der Waals surface area (Å²) in [6, 6.07) is 0.933. The fourth-order valence-electron chi connectivity index (χ4n) is 3.11. The van der Waals surface area contributed by atoms with Crippen LogP contribution in [0.5, 0.6) is 0 Å². The van der Waals surface area contributed by atoms with Gasteiger partial charge in [0.1, 0.15) is 0 Å². The fraction of sp³-hybridized carbons (Fsp3) is 1.00. The maximum Gasteiger partial charge on any atom is 0.151 e. The topological polar surface area (TPSA) is 49.4 Å². The van der Waals surface area contributed by atoms with Crippen molar-refractivity contribution in [3.8, 4) is 0 Å². The highest BCUT2D eigenvalue weighted by atomic mass is 32.2. The number of sulfone groups is 1. The van der Waals surface area contributed by atoms with Crippen LogP contribution in [0.25, 0.3) is 0 Å². The molecule has 0 aromatic rings. The largest absolute Gasteiger partial charge is 0.312 e. The zero-order valence-corrected chi connectivity index (χ0v) is 12.2. The van der Waals surface area contributed by atoms with Gasteiger partial charge in [-0.25, -0.2) is 8.42 Å². The molecule has 0 aromatic heterocycles. The van der Waals surface area contributed by atoms with Crippen LogP contribution in [0.4, 0.5) is 0 Å². The third-order valence-corrected chi connectivity index (χ3v) is 6.10. The number of nitrogens with zero attached hydrogens (tertiary/aromatic N) is 1. The van der Waals surface area contributed by atoms with Crippen LogP contribution in [0.2, 0.25) is 0 Å². The van der Waals surface area contributed by atoms with Gasteiger partial charge in [-0.3, -0.25) is 0 Å². The second kappa shape index (κ2) is 6.35. The first kappa shape index (κ1) is 14.3. The summed E-state index contributed by atoms with van der Waals surface area (Å²) in [6.07, 6.45) is 7.56. The Morgan fingerprint density at radius 3 is 2.50 bits per heavy atom. The van der Waals surface area contributed by atoms with E-state index < -0.39 is 9.84 Å². The Hall–Kier alpha value is -0.130. The number of hydrogen-bond acceptors (Lipinski definition) is 4. The van der Waals surface area contributed by atoms with Gasteiger partial charge in [-0.05, 0) is 26.3 Å². The van der Waals surface area contributed by atoms with Crippen LogP contribution < -0.4 is 5.32 Å². The highest BCUT2D eigenvalue weighted by Gasteiger charge is 2.27. The Bertz CT molecular complexity index is 350. The molecule has 2 rings (SSSR count). The van der Waals surface area contributed by atoms with Gasteiger partial charge in [-0.1, -0.05) is 19.3 Å². The molecule has 1 saturated carbocycles. The normalized spacial score (nSPS) is 28.9. The van der Waals surface area contributed by atoms with E-state index in [0.717, 1.165) is 25.6 Å². The number of likely N-dealkylation sites (N-methyl/N-ethyl adjacent to an activating group) is 1. The number of nitrogens with one attached hydrogen (secondary N) is 1. The Balaban J connectivity index is 1.63. The zero-order valence-electron chi connectivity index (χ0n) is 11.4. The highest BCUT2D eigenvalue weighted by Crippen LogP contribution is 2.21. The third kappa shape index (κ3) is 4.21. The third-order valence-electron chi connectivity index (χ3n) is 4.33. The fourth-order valence-corrected chi connectivity index (χ4v) is 4.81. The zero-order chi connectivity index (χ0) is 13.0. The van der Waals surface area contributed by atoms with Gasteiger partial charge in [0.05, 0.1) is 11.5 Å². The van der Waals surface area contributed by atoms with Crippen LogP contribution in [-0.4, -0.2) is 57.0 Å². The van der Waals surface area contributed by atoms with Crippen molar-refractivity contribution in [2.45, 2.75) is 50.6 Å². The first-order chi connectivity index (χ1) is 8.57. The molecule has 0 amide bonds. The molecule has 106 valence electrons. The molecule has 2 aliphatic rings. The Morgan fingerprint density at radius 2 is 1.89 bits per heavy atom. The van der Waals surface area contributed by atoms with Crippen LogP contribution in [0.15, 0.2) is 0 Å². The summed E-state index contributed by atoms with van der Waals surface area (Å²) in [5, 5.41) is 3.39. The molecule has 18 heavy (non-hydrogen) atoms. The summed E-state index contributed by atoms with van der Waals surface area (Å²) in [6.45, 7) is 1.94. The van der Waals surface area contributed by atoms with E-state index in [-0.39, 0.29) is 6.04 Å². The average Bonchev–Trinajstić information content (AvgIpc) is 2.70. The molecule has 5 heteroatoms. The molecule has 0 radical (unpaired) electrons. The summed E-state index contributed by atoms with van der Waals surface area (Å²) >= 11 is 0. The quantitative estimate of drug-likeness (QED) is 0.813. The first-order valence-corrected chi connectivity index (χ1v) is 9.03. The monoisotopic (exact) mass is 274 g/mol. The molecular weight excluding hydrogens is 248 g/mol. The minimum atomic E-state index is -2.74. The molecule has 1 saturated heterocycles. The number of hydrogen-bond donors (Lipinski definition) is 1.